The molecule has 3 heterocycles. The Morgan fingerprint density at radius 1 is 0.489 bits per heavy atom. The summed E-state index contributed by atoms with van der Waals surface area (Å²) in [7, 11) is 0. The van der Waals surface area contributed by atoms with Crippen molar-refractivity contribution in [1.82, 2.24) is 14.2 Å². The first kappa shape index (κ1) is 25.5. The highest BCUT2D eigenvalue weighted by Crippen LogP contribution is 2.41. The molecule has 9 aromatic rings. The maximum atomic E-state index is 14.8. The minimum Gasteiger partial charge on any atom is -0.309 e. The van der Waals surface area contributed by atoms with Gasteiger partial charge in [-0.1, -0.05) is 115 Å². The molecule has 6 aromatic carbocycles. The zero-order valence-corrected chi connectivity index (χ0v) is 24.2. The van der Waals surface area contributed by atoms with E-state index in [0.717, 1.165) is 55.6 Å². The van der Waals surface area contributed by atoms with Gasteiger partial charge < -0.3 is 4.57 Å². The number of para-hydroxylation sites is 2. The summed E-state index contributed by atoms with van der Waals surface area (Å²) in [5.41, 5.74) is 10.2. The minimum atomic E-state index is -0.269. The molecule has 212 valence electrons. The normalized spacial score (nSPS) is 11.7. The van der Waals surface area contributed by atoms with Crippen molar-refractivity contribution in [2.45, 2.75) is 0 Å². The van der Waals surface area contributed by atoms with Gasteiger partial charge in [0.25, 0.3) is 0 Å². The molecule has 3 nitrogen and oxygen atoms in total. The summed E-state index contributed by atoms with van der Waals surface area (Å²) < 4.78 is 19.1. The molecule has 0 spiro atoms. The van der Waals surface area contributed by atoms with E-state index in [1.165, 1.54) is 27.9 Å². The average Bonchev–Trinajstić information content (AvgIpc) is 3.66. The molecule has 0 unspecified atom stereocenters. The van der Waals surface area contributed by atoms with Crippen molar-refractivity contribution in [3.63, 3.8) is 0 Å². The van der Waals surface area contributed by atoms with Crippen LogP contribution in [0.2, 0.25) is 0 Å². The second kappa shape index (κ2) is 10.0. The SMILES string of the molecule is Fc1ccc2cc(-c3ccccc3)n3nc(-c4ccc(-n5c6ccccc6c6ccccc65)cc4)c(-c4ccccc4)c3c2c1. The average molecular weight is 580 g/mol. The Balaban J connectivity index is 1.32. The molecular formula is C41H26FN3. The van der Waals surface area contributed by atoms with Crippen molar-refractivity contribution in [3.05, 3.63) is 164 Å². The maximum Gasteiger partial charge on any atom is 0.123 e. The third kappa shape index (κ3) is 4.00. The summed E-state index contributed by atoms with van der Waals surface area (Å²) in [4.78, 5) is 0. The molecule has 0 saturated heterocycles. The van der Waals surface area contributed by atoms with Crippen LogP contribution in [0.1, 0.15) is 0 Å². The summed E-state index contributed by atoms with van der Waals surface area (Å²) in [6.45, 7) is 0. The molecule has 4 heteroatoms. The number of benzene rings is 6. The number of hydrogen-bond acceptors (Lipinski definition) is 1. The molecule has 0 aliphatic heterocycles. The molecule has 45 heavy (non-hydrogen) atoms. The largest absolute Gasteiger partial charge is 0.309 e. The van der Waals surface area contributed by atoms with Gasteiger partial charge in [-0.15, -0.1) is 0 Å². The first-order valence-electron chi connectivity index (χ1n) is 15.1. The van der Waals surface area contributed by atoms with Crippen LogP contribution in [0.15, 0.2) is 158 Å². The van der Waals surface area contributed by atoms with Gasteiger partial charge in [-0.3, -0.25) is 0 Å². The molecule has 0 bridgehead atoms. The van der Waals surface area contributed by atoms with Crippen molar-refractivity contribution in [2.75, 3.05) is 0 Å². The number of aromatic nitrogens is 3. The van der Waals surface area contributed by atoms with Gasteiger partial charge in [0.15, 0.2) is 0 Å². The molecule has 0 aliphatic carbocycles. The third-order valence-electron chi connectivity index (χ3n) is 8.79. The van der Waals surface area contributed by atoms with Crippen molar-refractivity contribution in [3.8, 4) is 39.3 Å². The highest BCUT2D eigenvalue weighted by Gasteiger charge is 2.22. The first-order valence-corrected chi connectivity index (χ1v) is 15.1. The summed E-state index contributed by atoms with van der Waals surface area (Å²) in [6.07, 6.45) is 0. The minimum absolute atomic E-state index is 0.269. The van der Waals surface area contributed by atoms with Crippen LogP contribution >= 0.6 is 0 Å². The summed E-state index contributed by atoms with van der Waals surface area (Å²) >= 11 is 0. The topological polar surface area (TPSA) is 22.2 Å². The fourth-order valence-electron chi connectivity index (χ4n) is 6.77. The van der Waals surface area contributed by atoms with Crippen LogP contribution in [0.4, 0.5) is 4.39 Å². The van der Waals surface area contributed by atoms with E-state index in [2.05, 4.69) is 108 Å². The van der Waals surface area contributed by atoms with E-state index >= 15 is 0 Å². The molecule has 3 aromatic heterocycles. The zero-order valence-electron chi connectivity index (χ0n) is 24.2. The molecule has 0 amide bonds. The lowest BCUT2D eigenvalue weighted by Crippen LogP contribution is -1.96. The first-order chi connectivity index (χ1) is 22.2. The van der Waals surface area contributed by atoms with E-state index in [1.807, 2.05) is 47.0 Å². The van der Waals surface area contributed by atoms with Crippen molar-refractivity contribution in [2.24, 2.45) is 0 Å². The second-order valence-electron chi connectivity index (χ2n) is 11.4. The molecular weight excluding hydrogens is 553 g/mol. The fourth-order valence-corrected chi connectivity index (χ4v) is 6.77. The Kier molecular flexibility index (Phi) is 5.69. The molecule has 9 rings (SSSR count). The van der Waals surface area contributed by atoms with Crippen LogP contribution in [-0.2, 0) is 0 Å². The molecule has 0 saturated carbocycles. The van der Waals surface area contributed by atoms with E-state index < -0.39 is 0 Å². The monoisotopic (exact) mass is 579 g/mol. The third-order valence-corrected chi connectivity index (χ3v) is 8.79. The quantitative estimate of drug-likeness (QED) is 0.203. The zero-order chi connectivity index (χ0) is 29.9. The summed E-state index contributed by atoms with van der Waals surface area (Å²) in [5, 5.41) is 9.55. The van der Waals surface area contributed by atoms with Crippen molar-refractivity contribution < 1.29 is 4.39 Å². The van der Waals surface area contributed by atoms with Gasteiger partial charge >= 0.3 is 0 Å². The van der Waals surface area contributed by atoms with Crippen LogP contribution in [-0.4, -0.2) is 14.2 Å². The van der Waals surface area contributed by atoms with Gasteiger partial charge in [-0.25, -0.2) is 8.91 Å². The molecule has 0 atom stereocenters. The van der Waals surface area contributed by atoms with E-state index in [1.54, 1.807) is 6.07 Å². The lowest BCUT2D eigenvalue weighted by Gasteiger charge is -2.11. The Morgan fingerprint density at radius 3 is 1.76 bits per heavy atom. The van der Waals surface area contributed by atoms with Crippen LogP contribution in [0, 0.1) is 5.82 Å². The Hall–Kier alpha value is -6.00. The van der Waals surface area contributed by atoms with Gasteiger partial charge in [0.2, 0.25) is 0 Å². The second-order valence-corrected chi connectivity index (χ2v) is 11.4. The van der Waals surface area contributed by atoms with Gasteiger partial charge in [0.05, 0.1) is 22.2 Å². The van der Waals surface area contributed by atoms with Gasteiger partial charge in [-0.2, -0.15) is 5.10 Å². The number of fused-ring (bicyclic) bond motifs is 6. The lowest BCUT2D eigenvalue weighted by molar-refractivity contribution is 0.630. The summed E-state index contributed by atoms with van der Waals surface area (Å²) in [6, 6.07) is 53.4. The number of hydrogen-bond donors (Lipinski definition) is 0. The highest BCUT2D eigenvalue weighted by molar-refractivity contribution is 6.10. The highest BCUT2D eigenvalue weighted by atomic mass is 19.1. The van der Waals surface area contributed by atoms with Crippen LogP contribution in [0.5, 0.6) is 0 Å². The predicted molar refractivity (Wildman–Crippen MR) is 183 cm³/mol. The number of halogens is 1. The van der Waals surface area contributed by atoms with E-state index in [9.17, 15) is 4.39 Å². The molecule has 0 fully saturated rings. The smallest absolute Gasteiger partial charge is 0.123 e. The Labute approximate surface area is 259 Å². The molecule has 0 radical (unpaired) electrons. The lowest BCUT2D eigenvalue weighted by atomic mass is 9.96. The van der Waals surface area contributed by atoms with E-state index in [0.29, 0.717) is 0 Å². The van der Waals surface area contributed by atoms with Gasteiger partial charge in [-0.05, 0) is 53.4 Å². The van der Waals surface area contributed by atoms with Gasteiger partial charge in [0, 0.05) is 38.5 Å². The standard InChI is InChI=1S/C41H26FN3/c42-31-22-19-30-25-38(27-11-3-1-4-12-27)45-41(35(30)26-31)39(28-13-5-2-6-14-28)40(43-45)29-20-23-32(24-21-29)44-36-17-9-7-15-33(36)34-16-8-10-18-37(34)44/h1-26H. The number of nitrogens with zero attached hydrogens (tertiary/aromatic N) is 3. The van der Waals surface area contributed by atoms with Crippen molar-refractivity contribution in [1.29, 1.82) is 0 Å². The maximum absolute atomic E-state index is 14.8. The van der Waals surface area contributed by atoms with Crippen molar-refractivity contribution >= 4 is 38.1 Å². The number of rotatable bonds is 4. The fraction of sp³-hybridized carbons (Fsp3) is 0. The summed E-state index contributed by atoms with van der Waals surface area (Å²) in [5.74, 6) is -0.269. The molecule has 0 N–H and O–H groups in total. The van der Waals surface area contributed by atoms with Crippen LogP contribution < -0.4 is 0 Å². The van der Waals surface area contributed by atoms with E-state index in [4.69, 9.17) is 5.10 Å². The van der Waals surface area contributed by atoms with Crippen LogP contribution in [0.25, 0.3) is 77.4 Å². The van der Waals surface area contributed by atoms with E-state index in [-0.39, 0.29) is 5.82 Å². The van der Waals surface area contributed by atoms with Crippen LogP contribution in [0.3, 0.4) is 0 Å². The Morgan fingerprint density at radius 2 is 1.09 bits per heavy atom. The molecule has 0 aliphatic rings. The van der Waals surface area contributed by atoms with Gasteiger partial charge in [0.1, 0.15) is 11.5 Å². The predicted octanol–water partition coefficient (Wildman–Crippen LogP) is 10.7. The Bertz CT molecular complexity index is 2470. The number of pyridine rings is 1.